The molecule has 0 spiro atoms. The first-order valence-corrected chi connectivity index (χ1v) is 10.1. The fourth-order valence-corrected chi connectivity index (χ4v) is 4.27. The molecule has 0 aromatic carbocycles. The zero-order chi connectivity index (χ0) is 19.7. The van der Waals surface area contributed by atoms with E-state index in [-0.39, 0.29) is 0 Å². The van der Waals surface area contributed by atoms with Crippen molar-refractivity contribution in [2.45, 2.75) is 76.6 Å². The molecule has 1 atom stereocenters. The molecule has 6 nitrogen and oxygen atoms in total. The van der Waals surface area contributed by atoms with Gasteiger partial charge in [0, 0.05) is 37.5 Å². The molecular formula is C19H26F3N5O. The molecule has 2 aromatic rings. The maximum atomic E-state index is 12.8. The van der Waals surface area contributed by atoms with E-state index in [2.05, 4.69) is 20.4 Å². The van der Waals surface area contributed by atoms with E-state index >= 15 is 0 Å². The minimum absolute atomic E-state index is 0.337. The van der Waals surface area contributed by atoms with Gasteiger partial charge in [-0.15, -0.1) is 0 Å². The first kappa shape index (κ1) is 19.4. The van der Waals surface area contributed by atoms with Crippen LogP contribution in [0.25, 0.3) is 0 Å². The zero-order valence-corrected chi connectivity index (χ0v) is 16.0. The lowest BCUT2D eigenvalue weighted by Gasteiger charge is -2.30. The Morgan fingerprint density at radius 2 is 1.96 bits per heavy atom. The number of nitrogens with one attached hydrogen (secondary N) is 1. The summed E-state index contributed by atoms with van der Waals surface area (Å²) in [5, 5.41) is 7.61. The first-order valence-electron chi connectivity index (χ1n) is 10.1. The molecule has 0 radical (unpaired) electrons. The molecule has 1 aliphatic carbocycles. The Kier molecular flexibility index (Phi) is 5.44. The van der Waals surface area contributed by atoms with Crippen LogP contribution in [0.4, 0.5) is 13.2 Å². The molecule has 154 valence electrons. The molecule has 9 heteroatoms. The van der Waals surface area contributed by atoms with Crippen LogP contribution in [0, 0.1) is 5.92 Å². The molecule has 2 aliphatic rings. The average molecular weight is 397 g/mol. The van der Waals surface area contributed by atoms with E-state index in [0.29, 0.717) is 36.7 Å². The molecule has 2 aromatic heterocycles. The van der Waals surface area contributed by atoms with Crippen LogP contribution < -0.4 is 5.32 Å². The van der Waals surface area contributed by atoms with Crippen LogP contribution in [0.2, 0.25) is 0 Å². The Bertz CT molecular complexity index is 792. The van der Waals surface area contributed by atoms with E-state index in [0.717, 1.165) is 63.0 Å². The topological polar surface area (TPSA) is 68.8 Å². The van der Waals surface area contributed by atoms with Gasteiger partial charge in [0.2, 0.25) is 5.89 Å². The van der Waals surface area contributed by atoms with Crippen LogP contribution in [-0.2, 0) is 25.6 Å². The summed E-state index contributed by atoms with van der Waals surface area (Å²) in [5.74, 6) is 2.75. The van der Waals surface area contributed by atoms with Gasteiger partial charge < -0.3 is 14.4 Å². The number of hydrogen-bond donors (Lipinski definition) is 1. The summed E-state index contributed by atoms with van der Waals surface area (Å²) in [7, 11) is 0. The summed E-state index contributed by atoms with van der Waals surface area (Å²) in [5.41, 5.74) is -0.776. The maximum Gasteiger partial charge on any atom is 0.434 e. The third-order valence-electron chi connectivity index (χ3n) is 5.95. The van der Waals surface area contributed by atoms with Crippen molar-refractivity contribution in [3.8, 4) is 0 Å². The highest BCUT2D eigenvalue weighted by Crippen LogP contribution is 2.33. The van der Waals surface area contributed by atoms with Gasteiger partial charge in [-0.25, -0.2) is 4.98 Å². The second-order valence-corrected chi connectivity index (χ2v) is 7.96. The summed E-state index contributed by atoms with van der Waals surface area (Å²) >= 11 is 0. The minimum atomic E-state index is -4.37. The third-order valence-corrected chi connectivity index (χ3v) is 5.95. The van der Waals surface area contributed by atoms with Crippen LogP contribution >= 0.6 is 0 Å². The molecule has 4 rings (SSSR count). The lowest BCUT2D eigenvalue weighted by molar-refractivity contribution is -0.141. The van der Waals surface area contributed by atoms with Crippen molar-refractivity contribution in [1.82, 2.24) is 25.0 Å². The van der Waals surface area contributed by atoms with Crippen molar-refractivity contribution < 1.29 is 17.7 Å². The summed E-state index contributed by atoms with van der Waals surface area (Å²) in [6.07, 6.45) is 3.19. The van der Waals surface area contributed by atoms with Gasteiger partial charge in [-0.05, 0) is 44.6 Å². The number of aryl methyl sites for hydroxylation is 2. The quantitative estimate of drug-likeness (QED) is 0.833. The standard InChI is InChI=1S/C19H26F3N5O/c1-2-16-25-18(28-26-16)13-4-6-14(7-5-13)23-9-12-3-8-17-24-15(19(20,21)22)11-27(17)10-12/h11-14,23H,2-10H2,1H3. The van der Waals surface area contributed by atoms with Crippen LogP contribution in [0.3, 0.4) is 0 Å². The molecule has 0 saturated heterocycles. The molecular weight excluding hydrogens is 371 g/mol. The highest BCUT2D eigenvalue weighted by atomic mass is 19.4. The van der Waals surface area contributed by atoms with Crippen molar-refractivity contribution in [2.24, 2.45) is 5.92 Å². The van der Waals surface area contributed by atoms with Crippen LogP contribution in [-0.4, -0.2) is 32.3 Å². The summed E-state index contributed by atoms with van der Waals surface area (Å²) in [4.78, 5) is 8.20. The number of nitrogens with zero attached hydrogens (tertiary/aromatic N) is 4. The van der Waals surface area contributed by atoms with Crippen molar-refractivity contribution in [1.29, 1.82) is 0 Å². The van der Waals surface area contributed by atoms with Gasteiger partial charge in [0.05, 0.1) is 0 Å². The van der Waals surface area contributed by atoms with Gasteiger partial charge in [-0.3, -0.25) is 0 Å². The molecule has 0 bridgehead atoms. The van der Waals surface area contributed by atoms with Gasteiger partial charge >= 0.3 is 6.18 Å². The number of hydrogen-bond acceptors (Lipinski definition) is 5. The molecule has 1 fully saturated rings. The third kappa shape index (κ3) is 4.24. The normalized spacial score (nSPS) is 25.6. The zero-order valence-electron chi connectivity index (χ0n) is 16.0. The van der Waals surface area contributed by atoms with E-state index in [4.69, 9.17) is 4.52 Å². The Balaban J connectivity index is 1.24. The Morgan fingerprint density at radius 1 is 1.18 bits per heavy atom. The van der Waals surface area contributed by atoms with E-state index in [1.54, 1.807) is 4.57 Å². The summed E-state index contributed by atoms with van der Waals surface area (Å²) in [6, 6.07) is 0.444. The van der Waals surface area contributed by atoms with E-state index in [1.807, 2.05) is 6.92 Å². The number of fused-ring (bicyclic) bond motifs is 1. The maximum absolute atomic E-state index is 12.8. The SMILES string of the molecule is CCc1noc(C2CCC(NCC3CCc4nc(C(F)(F)F)cn4C3)CC2)n1. The molecule has 0 amide bonds. The summed E-state index contributed by atoms with van der Waals surface area (Å²) < 4.78 is 45.6. The highest BCUT2D eigenvalue weighted by molar-refractivity contribution is 5.10. The van der Waals surface area contributed by atoms with Gasteiger partial charge in [0.1, 0.15) is 5.82 Å². The molecule has 28 heavy (non-hydrogen) atoms. The van der Waals surface area contributed by atoms with Gasteiger partial charge in [-0.2, -0.15) is 18.2 Å². The summed E-state index contributed by atoms with van der Waals surface area (Å²) in [6.45, 7) is 3.44. The fraction of sp³-hybridized carbons (Fsp3) is 0.737. The second-order valence-electron chi connectivity index (χ2n) is 7.96. The lowest BCUT2D eigenvalue weighted by atomic mass is 9.85. The largest absolute Gasteiger partial charge is 0.434 e. The van der Waals surface area contributed by atoms with Crippen LogP contribution in [0.5, 0.6) is 0 Å². The molecule has 3 heterocycles. The smallest absolute Gasteiger partial charge is 0.339 e. The highest BCUT2D eigenvalue weighted by Gasteiger charge is 2.36. The number of aromatic nitrogens is 4. The van der Waals surface area contributed by atoms with Gasteiger partial charge in [0.25, 0.3) is 0 Å². The monoisotopic (exact) mass is 397 g/mol. The van der Waals surface area contributed by atoms with Gasteiger partial charge in [-0.1, -0.05) is 12.1 Å². The van der Waals surface area contributed by atoms with Gasteiger partial charge in [0.15, 0.2) is 11.5 Å². The number of alkyl halides is 3. The van der Waals surface area contributed by atoms with Crippen molar-refractivity contribution in [3.63, 3.8) is 0 Å². The van der Waals surface area contributed by atoms with Crippen LogP contribution in [0.1, 0.15) is 68.2 Å². The molecule has 1 aliphatic heterocycles. The van der Waals surface area contributed by atoms with Crippen molar-refractivity contribution in [3.05, 3.63) is 29.4 Å². The number of halogens is 3. The minimum Gasteiger partial charge on any atom is -0.339 e. The lowest BCUT2D eigenvalue weighted by Crippen LogP contribution is -2.38. The van der Waals surface area contributed by atoms with E-state index in [1.165, 1.54) is 0 Å². The first-order chi connectivity index (χ1) is 13.4. The Morgan fingerprint density at radius 3 is 2.64 bits per heavy atom. The van der Waals surface area contributed by atoms with Crippen molar-refractivity contribution in [2.75, 3.05) is 6.54 Å². The van der Waals surface area contributed by atoms with E-state index in [9.17, 15) is 13.2 Å². The predicted octanol–water partition coefficient (Wildman–Crippen LogP) is 3.73. The number of rotatable bonds is 5. The van der Waals surface area contributed by atoms with Crippen molar-refractivity contribution >= 4 is 0 Å². The van der Waals surface area contributed by atoms with E-state index < -0.39 is 11.9 Å². The Hall–Kier alpha value is -1.90. The molecule has 1 N–H and O–H groups in total. The fourth-order valence-electron chi connectivity index (χ4n) is 4.27. The number of imidazole rings is 1. The van der Waals surface area contributed by atoms with Crippen LogP contribution in [0.15, 0.2) is 10.7 Å². The predicted molar refractivity (Wildman–Crippen MR) is 95.7 cm³/mol. The molecule has 1 saturated carbocycles. The molecule has 1 unspecified atom stereocenters. The Labute approximate surface area is 161 Å². The average Bonchev–Trinajstić information content (AvgIpc) is 3.33. The second kappa shape index (κ2) is 7.85.